The molecule has 0 atom stereocenters. The molecule has 0 bridgehead atoms. The van der Waals surface area contributed by atoms with Gasteiger partial charge < -0.3 is 14.4 Å². The largest absolute Gasteiger partial charge is 0.368 e. The zero-order valence-corrected chi connectivity index (χ0v) is 12.5. The van der Waals surface area contributed by atoms with Crippen LogP contribution in [0.3, 0.4) is 0 Å². The van der Waals surface area contributed by atoms with Crippen LogP contribution in [-0.2, 0) is 7.05 Å². The molecule has 2 heterocycles. The van der Waals surface area contributed by atoms with Crippen LogP contribution in [0.2, 0.25) is 0 Å². The second-order valence-electron chi connectivity index (χ2n) is 5.50. The first-order valence-electron chi connectivity index (χ1n) is 7.21. The van der Waals surface area contributed by atoms with Crippen molar-refractivity contribution in [1.29, 1.82) is 0 Å². The van der Waals surface area contributed by atoms with Gasteiger partial charge >= 0.3 is 0 Å². The molecule has 1 aliphatic heterocycles. The molecule has 21 heavy (non-hydrogen) atoms. The number of piperazine rings is 1. The van der Waals surface area contributed by atoms with Crippen LogP contribution < -0.4 is 4.90 Å². The van der Waals surface area contributed by atoms with Gasteiger partial charge in [0.1, 0.15) is 0 Å². The van der Waals surface area contributed by atoms with E-state index >= 15 is 0 Å². The highest BCUT2D eigenvalue weighted by Crippen LogP contribution is 2.23. The van der Waals surface area contributed by atoms with Crippen molar-refractivity contribution >= 4 is 11.5 Å². The first kappa shape index (κ1) is 13.8. The van der Waals surface area contributed by atoms with Crippen LogP contribution in [0.15, 0.2) is 36.7 Å². The lowest BCUT2D eigenvalue weighted by atomic mass is 10.1. The standard InChI is InChI=1S/C16H20N4O/c1-18-9-11-20(12-10-18)14-6-4-3-5-13(14)15(21)16-17-7-8-19(16)2/h3-8H,9-12H2,1-2H3. The number of carbonyl (C=O) groups excluding carboxylic acids is 1. The predicted molar refractivity (Wildman–Crippen MR) is 82.8 cm³/mol. The van der Waals surface area contributed by atoms with E-state index in [1.165, 1.54) is 0 Å². The molecule has 1 saturated heterocycles. The van der Waals surface area contributed by atoms with Crippen molar-refractivity contribution in [1.82, 2.24) is 14.5 Å². The number of hydrogen-bond donors (Lipinski definition) is 0. The summed E-state index contributed by atoms with van der Waals surface area (Å²) in [4.78, 5) is 21.5. The minimum atomic E-state index is -0.0166. The maximum Gasteiger partial charge on any atom is 0.230 e. The minimum absolute atomic E-state index is 0.0166. The molecule has 3 rings (SSSR count). The summed E-state index contributed by atoms with van der Waals surface area (Å²) in [7, 11) is 3.97. The number of benzene rings is 1. The van der Waals surface area contributed by atoms with Crippen LogP contribution in [0.5, 0.6) is 0 Å². The van der Waals surface area contributed by atoms with Gasteiger partial charge in [-0.3, -0.25) is 4.79 Å². The fraction of sp³-hybridized carbons (Fsp3) is 0.375. The summed E-state index contributed by atoms with van der Waals surface area (Å²) >= 11 is 0. The van der Waals surface area contributed by atoms with Gasteiger partial charge in [0, 0.05) is 56.9 Å². The van der Waals surface area contributed by atoms with Gasteiger partial charge in [0.15, 0.2) is 5.82 Å². The van der Waals surface area contributed by atoms with Crippen molar-refractivity contribution in [2.45, 2.75) is 0 Å². The average Bonchev–Trinajstić information content (AvgIpc) is 2.93. The molecule has 1 aromatic carbocycles. The molecule has 110 valence electrons. The summed E-state index contributed by atoms with van der Waals surface area (Å²) in [6.07, 6.45) is 3.46. The highest BCUT2D eigenvalue weighted by atomic mass is 16.1. The number of aryl methyl sites for hydroxylation is 1. The fourth-order valence-electron chi connectivity index (χ4n) is 2.69. The van der Waals surface area contributed by atoms with E-state index in [1.54, 1.807) is 17.0 Å². The van der Waals surface area contributed by atoms with E-state index in [2.05, 4.69) is 21.8 Å². The Labute approximate surface area is 124 Å². The second-order valence-corrected chi connectivity index (χ2v) is 5.50. The van der Waals surface area contributed by atoms with Gasteiger partial charge in [-0.2, -0.15) is 0 Å². The quantitative estimate of drug-likeness (QED) is 0.799. The van der Waals surface area contributed by atoms with Crippen LogP contribution in [0, 0.1) is 0 Å². The number of anilines is 1. The maximum atomic E-state index is 12.7. The third-order valence-electron chi connectivity index (χ3n) is 4.02. The number of ketones is 1. The summed E-state index contributed by atoms with van der Waals surface area (Å²) in [6, 6.07) is 7.82. The zero-order chi connectivity index (χ0) is 14.8. The zero-order valence-electron chi connectivity index (χ0n) is 12.5. The molecule has 0 saturated carbocycles. The Hall–Kier alpha value is -2.14. The highest BCUT2D eigenvalue weighted by molar-refractivity contribution is 6.10. The Kier molecular flexibility index (Phi) is 3.75. The molecule has 0 N–H and O–H groups in total. The van der Waals surface area contributed by atoms with Crippen LogP contribution >= 0.6 is 0 Å². The molecular formula is C16H20N4O. The number of carbonyl (C=O) groups is 1. The molecule has 0 amide bonds. The SMILES string of the molecule is CN1CCN(c2ccccc2C(=O)c2nccn2C)CC1. The summed E-state index contributed by atoms with van der Waals surface area (Å²) in [6.45, 7) is 3.93. The number of nitrogens with zero attached hydrogens (tertiary/aromatic N) is 4. The van der Waals surface area contributed by atoms with Crippen molar-refractivity contribution in [3.8, 4) is 0 Å². The molecule has 1 aliphatic rings. The smallest absolute Gasteiger partial charge is 0.230 e. The van der Waals surface area contributed by atoms with E-state index < -0.39 is 0 Å². The number of likely N-dealkylation sites (N-methyl/N-ethyl adjacent to an activating group) is 1. The van der Waals surface area contributed by atoms with Crippen molar-refractivity contribution in [3.63, 3.8) is 0 Å². The van der Waals surface area contributed by atoms with Crippen LogP contribution in [0.25, 0.3) is 0 Å². The highest BCUT2D eigenvalue weighted by Gasteiger charge is 2.22. The van der Waals surface area contributed by atoms with Crippen LogP contribution in [-0.4, -0.2) is 53.5 Å². The average molecular weight is 284 g/mol. The van der Waals surface area contributed by atoms with Crippen molar-refractivity contribution in [2.75, 3.05) is 38.1 Å². The van der Waals surface area contributed by atoms with E-state index in [1.807, 2.05) is 31.3 Å². The molecule has 1 fully saturated rings. The Morgan fingerprint density at radius 2 is 1.81 bits per heavy atom. The Bertz CT molecular complexity index is 641. The van der Waals surface area contributed by atoms with Crippen molar-refractivity contribution in [3.05, 3.63) is 48.0 Å². The first-order chi connectivity index (χ1) is 10.2. The number of aromatic nitrogens is 2. The van der Waals surface area contributed by atoms with E-state index in [0.717, 1.165) is 37.4 Å². The third-order valence-corrected chi connectivity index (χ3v) is 4.02. The van der Waals surface area contributed by atoms with Crippen LogP contribution in [0.1, 0.15) is 16.2 Å². The summed E-state index contributed by atoms with van der Waals surface area (Å²) in [5.74, 6) is 0.466. The number of para-hydroxylation sites is 1. The van der Waals surface area contributed by atoms with Gasteiger partial charge in [0.2, 0.25) is 5.78 Å². The van der Waals surface area contributed by atoms with E-state index in [-0.39, 0.29) is 5.78 Å². The topological polar surface area (TPSA) is 41.4 Å². The van der Waals surface area contributed by atoms with Crippen molar-refractivity contribution in [2.24, 2.45) is 7.05 Å². The molecule has 2 aromatic rings. The summed E-state index contributed by atoms with van der Waals surface area (Å²) in [5.41, 5.74) is 1.75. The molecule has 5 nitrogen and oxygen atoms in total. The van der Waals surface area contributed by atoms with Gasteiger partial charge in [-0.25, -0.2) is 4.98 Å². The Morgan fingerprint density at radius 3 is 2.48 bits per heavy atom. The monoisotopic (exact) mass is 284 g/mol. The Balaban J connectivity index is 1.93. The number of imidazole rings is 1. The molecule has 0 aliphatic carbocycles. The van der Waals surface area contributed by atoms with Gasteiger partial charge in [-0.1, -0.05) is 12.1 Å². The normalized spacial score (nSPS) is 16.2. The molecular weight excluding hydrogens is 264 g/mol. The lowest BCUT2D eigenvalue weighted by Crippen LogP contribution is -2.45. The predicted octanol–water partition coefficient (Wildman–Crippen LogP) is 1.40. The van der Waals surface area contributed by atoms with E-state index in [0.29, 0.717) is 5.82 Å². The van der Waals surface area contributed by atoms with Gasteiger partial charge in [-0.15, -0.1) is 0 Å². The fourth-order valence-corrected chi connectivity index (χ4v) is 2.69. The van der Waals surface area contributed by atoms with Gasteiger partial charge in [-0.05, 0) is 19.2 Å². The van der Waals surface area contributed by atoms with Gasteiger partial charge in [0.25, 0.3) is 0 Å². The van der Waals surface area contributed by atoms with Gasteiger partial charge in [0.05, 0.1) is 0 Å². The minimum Gasteiger partial charge on any atom is -0.368 e. The van der Waals surface area contributed by atoms with E-state index in [4.69, 9.17) is 0 Å². The molecule has 0 unspecified atom stereocenters. The lowest BCUT2D eigenvalue weighted by molar-refractivity contribution is 0.102. The molecule has 0 radical (unpaired) electrons. The first-order valence-corrected chi connectivity index (χ1v) is 7.21. The second kappa shape index (κ2) is 5.69. The van der Waals surface area contributed by atoms with E-state index in [9.17, 15) is 4.79 Å². The molecule has 5 heteroatoms. The number of rotatable bonds is 3. The maximum absolute atomic E-state index is 12.7. The summed E-state index contributed by atoms with van der Waals surface area (Å²) in [5, 5.41) is 0. The van der Waals surface area contributed by atoms with Crippen molar-refractivity contribution < 1.29 is 4.79 Å². The number of hydrogen-bond acceptors (Lipinski definition) is 4. The molecule has 0 spiro atoms. The summed E-state index contributed by atoms with van der Waals surface area (Å²) < 4.78 is 1.77. The molecule has 1 aromatic heterocycles. The Morgan fingerprint density at radius 1 is 1.10 bits per heavy atom. The lowest BCUT2D eigenvalue weighted by Gasteiger charge is -2.34. The van der Waals surface area contributed by atoms with Crippen LogP contribution in [0.4, 0.5) is 5.69 Å². The third kappa shape index (κ3) is 2.69.